The molecule has 5 aliphatic rings. The number of rotatable bonds is 4. The lowest BCUT2D eigenvalue weighted by atomic mass is 9.91. The Hall–Kier alpha value is -5.02. The van der Waals surface area contributed by atoms with Gasteiger partial charge in [-0.3, -0.25) is 9.80 Å². The zero-order valence-corrected chi connectivity index (χ0v) is 30.4. The fourth-order valence-corrected chi connectivity index (χ4v) is 9.57. The number of piperazine rings is 1. The van der Waals surface area contributed by atoms with Crippen LogP contribution in [0.25, 0.3) is 32.9 Å². The number of amides is 1. The summed E-state index contributed by atoms with van der Waals surface area (Å²) >= 11 is 0. The van der Waals surface area contributed by atoms with Gasteiger partial charge in [0.05, 0.1) is 29.2 Å². The van der Waals surface area contributed by atoms with Crippen molar-refractivity contribution in [1.82, 2.24) is 24.8 Å². The van der Waals surface area contributed by atoms with Crippen LogP contribution in [0.1, 0.15) is 65.4 Å². The van der Waals surface area contributed by atoms with E-state index in [0.29, 0.717) is 34.1 Å². The molecule has 9 rings (SSSR count). The van der Waals surface area contributed by atoms with Crippen molar-refractivity contribution < 1.29 is 27.8 Å². The highest BCUT2D eigenvalue weighted by Crippen LogP contribution is 2.48. The molecule has 0 saturated carbocycles. The van der Waals surface area contributed by atoms with Gasteiger partial charge >= 0.3 is 12.1 Å². The number of aromatic nitrogens is 3. The summed E-state index contributed by atoms with van der Waals surface area (Å²) in [6.45, 7) is 14.5. The smallest absolute Gasteiger partial charge is 0.410 e. The number of halogens is 2. The lowest BCUT2D eigenvalue weighted by Crippen LogP contribution is -2.65. The van der Waals surface area contributed by atoms with Crippen molar-refractivity contribution in [3.63, 3.8) is 0 Å². The molecule has 10 nitrogen and oxygen atoms in total. The highest BCUT2D eigenvalue weighted by atomic mass is 19.1. The van der Waals surface area contributed by atoms with Crippen LogP contribution in [0.15, 0.2) is 42.5 Å². The fraction of sp³-hybridized carbons (Fsp3) is 0.463. The summed E-state index contributed by atoms with van der Waals surface area (Å²) in [5, 5.41) is 1.31. The third-order valence-corrected chi connectivity index (χ3v) is 11.9. The zero-order chi connectivity index (χ0) is 37.0. The number of hydrogen-bond donors (Lipinski definition) is 0. The standard InChI is InChI=1S/C41H42F2N6O4/c1-7-26-28(42)14-12-24-10-8-11-27(30(24)26)33-32(43)34-31-36(46-38(45-34)51-21-41-17-9-18-47(41)19-16-22(41)2)48-20-25-13-15-29(35(48)23(3)52-37(31)44-33)49(25)39(50)53-40(4,5)6/h1,8,10-12,14,23,25,29,35H,2,9,13,15-21H2,3-6H3/t23-,25+,29-,35+,41-/m0/s1. The van der Waals surface area contributed by atoms with Gasteiger partial charge in [-0.25, -0.2) is 18.6 Å². The van der Waals surface area contributed by atoms with E-state index >= 15 is 8.78 Å². The number of anilines is 1. The predicted octanol–water partition coefficient (Wildman–Crippen LogP) is 7.02. The molecule has 7 heterocycles. The van der Waals surface area contributed by atoms with Gasteiger partial charge in [-0.15, -0.1) is 6.42 Å². The van der Waals surface area contributed by atoms with Gasteiger partial charge in [0.15, 0.2) is 5.82 Å². The number of carbonyl (C=O) groups is 1. The van der Waals surface area contributed by atoms with Crippen molar-refractivity contribution in [2.45, 2.75) is 95.2 Å². The SMILES string of the molecule is C#Cc1c(F)ccc2cccc(-c3nc4c5c(nc(OC[C@]67CCCN6CCC7=C)nc5c3F)N3C[C@H]5CC[C@@H]([C@H]3[C@H](C)O4)N5C(=O)OC(C)(C)C)c12. The fourth-order valence-electron chi connectivity index (χ4n) is 9.57. The molecule has 2 aromatic heterocycles. The lowest BCUT2D eigenvalue weighted by Gasteiger charge is -2.48. The van der Waals surface area contributed by atoms with Crippen molar-refractivity contribution in [3.05, 3.63) is 59.7 Å². The molecule has 0 aliphatic carbocycles. The maximum absolute atomic E-state index is 17.4. The third kappa shape index (κ3) is 5.14. The molecule has 4 fully saturated rings. The average molecular weight is 721 g/mol. The Morgan fingerprint density at radius 3 is 2.75 bits per heavy atom. The molecule has 1 amide bonds. The van der Waals surface area contributed by atoms with E-state index in [2.05, 4.69) is 22.3 Å². The molecular formula is C41H42F2N6O4. The molecule has 2 aromatic carbocycles. The van der Waals surface area contributed by atoms with Gasteiger partial charge in [0.25, 0.3) is 0 Å². The van der Waals surface area contributed by atoms with Gasteiger partial charge < -0.3 is 19.1 Å². The van der Waals surface area contributed by atoms with E-state index in [1.165, 1.54) is 6.07 Å². The van der Waals surface area contributed by atoms with E-state index in [4.69, 9.17) is 35.6 Å². The molecule has 0 N–H and O–H groups in total. The van der Waals surface area contributed by atoms with Gasteiger partial charge in [0.1, 0.15) is 46.5 Å². The van der Waals surface area contributed by atoms with Crippen molar-refractivity contribution in [2.75, 3.05) is 31.1 Å². The largest absolute Gasteiger partial charge is 0.472 e. The maximum atomic E-state index is 17.4. The number of pyridine rings is 1. The molecule has 0 spiro atoms. The molecule has 2 bridgehead atoms. The minimum absolute atomic E-state index is 0.0134. The number of carbonyl (C=O) groups excluding carboxylic acids is 1. The van der Waals surface area contributed by atoms with Crippen molar-refractivity contribution >= 4 is 33.6 Å². The van der Waals surface area contributed by atoms with Crippen LogP contribution in [0.3, 0.4) is 0 Å². The second-order valence-electron chi connectivity index (χ2n) is 16.0. The number of ether oxygens (including phenoxy) is 3. The van der Waals surface area contributed by atoms with E-state index in [9.17, 15) is 4.79 Å². The van der Waals surface area contributed by atoms with Crippen LogP contribution in [-0.4, -0.2) is 92.5 Å². The van der Waals surface area contributed by atoms with Crippen LogP contribution >= 0.6 is 0 Å². The number of fused-ring (bicyclic) bond motifs is 7. The number of terminal acetylenes is 1. The highest BCUT2D eigenvalue weighted by Gasteiger charge is 2.54. The number of hydrogen-bond acceptors (Lipinski definition) is 9. The van der Waals surface area contributed by atoms with Gasteiger partial charge in [-0.2, -0.15) is 9.97 Å². The zero-order valence-electron chi connectivity index (χ0n) is 30.4. The van der Waals surface area contributed by atoms with Crippen molar-refractivity contribution in [2.24, 2.45) is 0 Å². The molecule has 5 aliphatic heterocycles. The number of nitrogens with zero attached hydrogens (tertiary/aromatic N) is 6. The Kier molecular flexibility index (Phi) is 7.65. The summed E-state index contributed by atoms with van der Waals surface area (Å²) in [6, 6.07) is 7.37. The van der Waals surface area contributed by atoms with Crippen LogP contribution in [0.4, 0.5) is 19.4 Å². The first kappa shape index (κ1) is 33.8. The van der Waals surface area contributed by atoms with Crippen LogP contribution in [-0.2, 0) is 4.74 Å². The summed E-state index contributed by atoms with van der Waals surface area (Å²) in [7, 11) is 0. The Labute approximate surface area is 307 Å². The molecule has 4 saturated heterocycles. The quantitative estimate of drug-likeness (QED) is 0.163. The topological polar surface area (TPSA) is 93.2 Å². The van der Waals surface area contributed by atoms with E-state index in [-0.39, 0.29) is 65.0 Å². The summed E-state index contributed by atoms with van der Waals surface area (Å²) < 4.78 is 51.5. The Bertz CT molecular complexity index is 2270. The molecule has 5 atom stereocenters. The normalized spacial score (nSPS) is 26.3. The predicted molar refractivity (Wildman–Crippen MR) is 197 cm³/mol. The second kappa shape index (κ2) is 12.0. The lowest BCUT2D eigenvalue weighted by molar-refractivity contribution is 0.000938. The monoisotopic (exact) mass is 720 g/mol. The molecular weight excluding hydrogens is 678 g/mol. The van der Waals surface area contributed by atoms with Gasteiger partial charge in [0, 0.05) is 24.0 Å². The van der Waals surface area contributed by atoms with Crippen LogP contribution in [0, 0.1) is 24.0 Å². The summed E-state index contributed by atoms with van der Waals surface area (Å²) in [5.41, 5.74) is 0.353. The Morgan fingerprint density at radius 2 is 1.96 bits per heavy atom. The Morgan fingerprint density at radius 1 is 1.13 bits per heavy atom. The second-order valence-corrected chi connectivity index (χ2v) is 16.0. The van der Waals surface area contributed by atoms with Gasteiger partial charge in [-0.1, -0.05) is 42.3 Å². The van der Waals surface area contributed by atoms with Crippen LogP contribution < -0.4 is 14.4 Å². The highest BCUT2D eigenvalue weighted by molar-refractivity contribution is 6.03. The average Bonchev–Trinajstić information content (AvgIpc) is 3.75. The van der Waals surface area contributed by atoms with E-state index in [1.807, 2.05) is 32.6 Å². The molecule has 4 aromatic rings. The summed E-state index contributed by atoms with van der Waals surface area (Å²) in [6.07, 6.45) is 9.28. The summed E-state index contributed by atoms with van der Waals surface area (Å²) in [4.78, 5) is 34.6. The van der Waals surface area contributed by atoms with Crippen LogP contribution in [0.5, 0.6) is 11.9 Å². The molecule has 274 valence electrons. The summed E-state index contributed by atoms with van der Waals surface area (Å²) in [5.74, 6) is 1.72. The van der Waals surface area contributed by atoms with Crippen molar-refractivity contribution in [3.8, 4) is 35.5 Å². The minimum atomic E-state index is -0.729. The third-order valence-electron chi connectivity index (χ3n) is 11.9. The first-order valence-electron chi connectivity index (χ1n) is 18.5. The van der Waals surface area contributed by atoms with E-state index in [0.717, 1.165) is 50.8 Å². The van der Waals surface area contributed by atoms with Gasteiger partial charge in [-0.05, 0) is 77.8 Å². The maximum Gasteiger partial charge on any atom is 0.410 e. The first-order chi connectivity index (χ1) is 25.4. The van der Waals surface area contributed by atoms with E-state index in [1.54, 1.807) is 24.3 Å². The minimum Gasteiger partial charge on any atom is -0.472 e. The van der Waals surface area contributed by atoms with Crippen LogP contribution in [0.2, 0.25) is 0 Å². The van der Waals surface area contributed by atoms with E-state index < -0.39 is 23.3 Å². The molecule has 12 heteroatoms. The molecule has 53 heavy (non-hydrogen) atoms. The number of benzene rings is 2. The molecule has 0 unspecified atom stereocenters. The first-order valence-corrected chi connectivity index (χ1v) is 18.5. The molecule has 0 radical (unpaired) electrons. The Balaban J connectivity index is 1.22. The van der Waals surface area contributed by atoms with Crippen molar-refractivity contribution in [1.29, 1.82) is 0 Å². The van der Waals surface area contributed by atoms with Gasteiger partial charge in [0.2, 0.25) is 5.88 Å².